The van der Waals surface area contributed by atoms with E-state index in [1.165, 1.54) is 0 Å². The lowest BCUT2D eigenvalue weighted by Gasteiger charge is -2.32. The van der Waals surface area contributed by atoms with Gasteiger partial charge in [-0.3, -0.25) is 9.59 Å². The molecule has 0 bridgehead atoms. The maximum Gasteiger partial charge on any atom is 0.255 e. The summed E-state index contributed by atoms with van der Waals surface area (Å²) in [6.07, 6.45) is 3.80. The number of carbonyl (C=O) groups excluding carboxylic acids is 2. The van der Waals surface area contributed by atoms with Crippen LogP contribution in [0.15, 0.2) is 28.7 Å². The van der Waals surface area contributed by atoms with E-state index in [1.807, 2.05) is 24.3 Å². The summed E-state index contributed by atoms with van der Waals surface area (Å²) in [4.78, 5) is 26.6. The second-order valence-corrected chi connectivity index (χ2v) is 6.57. The Balaban J connectivity index is 1.97. The second kappa shape index (κ2) is 8.32. The molecule has 2 amide bonds. The number of likely N-dealkylation sites (tertiary alicyclic amines) is 1. The van der Waals surface area contributed by atoms with Crippen LogP contribution in [0.1, 0.15) is 43.0 Å². The minimum absolute atomic E-state index is 0.00136. The molecule has 0 aliphatic carbocycles. The fourth-order valence-corrected chi connectivity index (χ4v) is 3.17. The van der Waals surface area contributed by atoms with Crippen molar-refractivity contribution in [2.24, 2.45) is 5.92 Å². The van der Waals surface area contributed by atoms with Crippen LogP contribution in [0.5, 0.6) is 0 Å². The van der Waals surface area contributed by atoms with Crippen LogP contribution in [-0.2, 0) is 4.79 Å². The van der Waals surface area contributed by atoms with Gasteiger partial charge in [-0.05, 0) is 47.3 Å². The molecule has 22 heavy (non-hydrogen) atoms. The van der Waals surface area contributed by atoms with Crippen molar-refractivity contribution in [3.05, 3.63) is 34.3 Å². The first-order chi connectivity index (χ1) is 10.6. The highest BCUT2D eigenvalue weighted by molar-refractivity contribution is 9.10. The fourth-order valence-electron chi connectivity index (χ4n) is 2.71. The summed E-state index contributed by atoms with van der Waals surface area (Å²) in [6.45, 7) is 4.06. The van der Waals surface area contributed by atoms with Crippen molar-refractivity contribution in [1.29, 1.82) is 0 Å². The Kier molecular flexibility index (Phi) is 6.43. The Morgan fingerprint density at radius 3 is 2.86 bits per heavy atom. The van der Waals surface area contributed by atoms with E-state index in [1.54, 1.807) is 4.90 Å². The number of piperidine rings is 1. The highest BCUT2D eigenvalue weighted by Gasteiger charge is 2.29. The van der Waals surface area contributed by atoms with Crippen LogP contribution in [0.3, 0.4) is 0 Å². The molecule has 0 saturated carbocycles. The molecule has 1 aromatic carbocycles. The average Bonchev–Trinajstić information content (AvgIpc) is 2.55. The van der Waals surface area contributed by atoms with Gasteiger partial charge in [0, 0.05) is 24.1 Å². The van der Waals surface area contributed by atoms with Crippen LogP contribution in [0.4, 0.5) is 0 Å². The van der Waals surface area contributed by atoms with Gasteiger partial charge in [-0.2, -0.15) is 0 Å². The molecule has 0 spiro atoms. The molecule has 0 aromatic heterocycles. The third-order valence-electron chi connectivity index (χ3n) is 4.01. The van der Waals surface area contributed by atoms with Gasteiger partial charge in [-0.25, -0.2) is 0 Å². The normalized spacial score (nSPS) is 18.1. The molecule has 1 aliphatic rings. The fraction of sp³-hybridized carbons (Fsp3) is 0.529. The summed E-state index contributed by atoms with van der Waals surface area (Å²) < 4.78 is 0.800. The van der Waals surface area contributed by atoms with Crippen LogP contribution < -0.4 is 5.32 Å². The largest absolute Gasteiger partial charge is 0.356 e. The first-order valence-electron chi connectivity index (χ1n) is 7.95. The summed E-state index contributed by atoms with van der Waals surface area (Å²) in [6, 6.07) is 7.43. The van der Waals surface area contributed by atoms with Crippen molar-refractivity contribution in [3.8, 4) is 0 Å². The third-order valence-corrected chi connectivity index (χ3v) is 4.70. The van der Waals surface area contributed by atoms with Crippen molar-refractivity contribution in [1.82, 2.24) is 10.2 Å². The molecule has 4 nitrogen and oxygen atoms in total. The second-order valence-electron chi connectivity index (χ2n) is 5.71. The number of nitrogens with zero attached hydrogens (tertiary/aromatic N) is 1. The van der Waals surface area contributed by atoms with E-state index in [4.69, 9.17) is 0 Å². The molecule has 1 heterocycles. The van der Waals surface area contributed by atoms with Crippen molar-refractivity contribution < 1.29 is 9.59 Å². The summed E-state index contributed by atoms with van der Waals surface area (Å²) in [5.74, 6) is -0.00588. The van der Waals surface area contributed by atoms with Gasteiger partial charge < -0.3 is 10.2 Å². The zero-order chi connectivity index (χ0) is 15.9. The van der Waals surface area contributed by atoms with E-state index in [9.17, 15) is 9.59 Å². The molecule has 1 aromatic rings. The van der Waals surface area contributed by atoms with Gasteiger partial charge in [0.2, 0.25) is 5.91 Å². The lowest BCUT2D eigenvalue weighted by molar-refractivity contribution is -0.126. The quantitative estimate of drug-likeness (QED) is 0.813. The number of hydrogen-bond acceptors (Lipinski definition) is 2. The average molecular weight is 367 g/mol. The van der Waals surface area contributed by atoms with Crippen molar-refractivity contribution in [2.75, 3.05) is 19.6 Å². The minimum atomic E-state index is -0.0861. The van der Waals surface area contributed by atoms with Gasteiger partial charge in [0.25, 0.3) is 5.91 Å². The maximum absolute atomic E-state index is 12.6. The molecule has 0 radical (unpaired) electrons. The smallest absolute Gasteiger partial charge is 0.255 e. The Morgan fingerprint density at radius 1 is 1.36 bits per heavy atom. The number of unbranched alkanes of at least 4 members (excludes halogenated alkanes) is 1. The number of nitrogens with one attached hydrogen (secondary N) is 1. The topological polar surface area (TPSA) is 49.4 Å². The van der Waals surface area contributed by atoms with Gasteiger partial charge in [-0.15, -0.1) is 0 Å². The minimum Gasteiger partial charge on any atom is -0.356 e. The van der Waals surface area contributed by atoms with E-state index in [0.29, 0.717) is 12.1 Å². The number of rotatable bonds is 5. The molecular formula is C17H23BrN2O2. The molecule has 2 rings (SSSR count). The first-order valence-corrected chi connectivity index (χ1v) is 8.74. The molecule has 5 heteroatoms. The van der Waals surface area contributed by atoms with E-state index in [0.717, 1.165) is 43.2 Å². The SMILES string of the molecule is CCCCNC(=O)[C@H]1CCCN(C(=O)c2ccccc2Br)C1. The van der Waals surface area contributed by atoms with Crippen molar-refractivity contribution in [3.63, 3.8) is 0 Å². The zero-order valence-corrected chi connectivity index (χ0v) is 14.6. The van der Waals surface area contributed by atoms with Gasteiger partial charge in [-0.1, -0.05) is 25.5 Å². The van der Waals surface area contributed by atoms with Gasteiger partial charge >= 0.3 is 0 Å². The molecule has 1 N–H and O–H groups in total. The Labute approximate surface area is 140 Å². The highest BCUT2D eigenvalue weighted by Crippen LogP contribution is 2.22. The Bertz CT molecular complexity index is 533. The number of amides is 2. The third kappa shape index (κ3) is 4.32. The molecular weight excluding hydrogens is 344 g/mol. The van der Waals surface area contributed by atoms with E-state index >= 15 is 0 Å². The summed E-state index contributed by atoms with van der Waals surface area (Å²) in [5, 5.41) is 2.98. The van der Waals surface area contributed by atoms with Crippen molar-refractivity contribution >= 4 is 27.7 Å². The highest BCUT2D eigenvalue weighted by atomic mass is 79.9. The van der Waals surface area contributed by atoms with Crippen LogP contribution in [-0.4, -0.2) is 36.3 Å². The molecule has 120 valence electrons. The Hall–Kier alpha value is -1.36. The van der Waals surface area contributed by atoms with Gasteiger partial charge in [0.05, 0.1) is 11.5 Å². The maximum atomic E-state index is 12.6. The standard InChI is InChI=1S/C17H23BrN2O2/c1-2-3-10-19-16(21)13-7-6-11-20(12-13)17(22)14-8-4-5-9-15(14)18/h4-5,8-9,13H,2-3,6-7,10-12H2,1H3,(H,19,21)/t13-/m0/s1. The van der Waals surface area contributed by atoms with Crippen LogP contribution >= 0.6 is 15.9 Å². The lowest BCUT2D eigenvalue weighted by Crippen LogP contribution is -2.45. The monoisotopic (exact) mass is 366 g/mol. The van der Waals surface area contributed by atoms with Crippen LogP contribution in [0.25, 0.3) is 0 Å². The summed E-state index contributed by atoms with van der Waals surface area (Å²) in [5.41, 5.74) is 0.662. The van der Waals surface area contributed by atoms with Gasteiger partial charge in [0.15, 0.2) is 0 Å². The number of carbonyl (C=O) groups is 2. The zero-order valence-electron chi connectivity index (χ0n) is 13.0. The number of halogens is 1. The van der Waals surface area contributed by atoms with E-state index < -0.39 is 0 Å². The number of benzene rings is 1. The predicted molar refractivity (Wildman–Crippen MR) is 90.7 cm³/mol. The van der Waals surface area contributed by atoms with Crippen molar-refractivity contribution in [2.45, 2.75) is 32.6 Å². The Morgan fingerprint density at radius 2 is 2.14 bits per heavy atom. The molecule has 1 saturated heterocycles. The van der Waals surface area contributed by atoms with E-state index in [-0.39, 0.29) is 17.7 Å². The predicted octanol–water partition coefficient (Wildman–Crippen LogP) is 3.22. The summed E-state index contributed by atoms with van der Waals surface area (Å²) in [7, 11) is 0. The molecule has 1 aliphatic heterocycles. The molecule has 1 fully saturated rings. The van der Waals surface area contributed by atoms with E-state index in [2.05, 4.69) is 28.2 Å². The van der Waals surface area contributed by atoms with Gasteiger partial charge in [0.1, 0.15) is 0 Å². The summed E-state index contributed by atoms with van der Waals surface area (Å²) >= 11 is 3.42. The first kappa shape index (κ1) is 17.0. The van der Waals surface area contributed by atoms with Crippen LogP contribution in [0, 0.1) is 5.92 Å². The number of hydrogen-bond donors (Lipinski definition) is 1. The molecule has 1 atom stereocenters. The molecule has 0 unspecified atom stereocenters. The lowest BCUT2D eigenvalue weighted by atomic mass is 9.96. The van der Waals surface area contributed by atoms with Crippen LogP contribution in [0.2, 0.25) is 0 Å².